The first-order chi connectivity index (χ1) is 16.1. The average molecular weight is 496 g/mol. The first kappa shape index (κ1) is 25.4. The molecule has 0 spiro atoms. The maximum Gasteiger partial charge on any atom is 0.416 e. The number of carbonyl (C=O) groups excluding carboxylic acids is 1. The van der Waals surface area contributed by atoms with Crippen LogP contribution in [0, 0.1) is 0 Å². The lowest BCUT2D eigenvalue weighted by Gasteiger charge is -2.16. The molecular weight excluding hydrogens is 471 g/mol. The Morgan fingerprint density at radius 1 is 1.09 bits per heavy atom. The molecule has 0 atom stereocenters. The van der Waals surface area contributed by atoms with Gasteiger partial charge in [0.25, 0.3) is 0 Å². The smallest absolute Gasteiger partial charge is 0.416 e. The van der Waals surface area contributed by atoms with E-state index in [9.17, 15) is 26.4 Å². The molecule has 0 bridgehead atoms. The van der Waals surface area contributed by atoms with Crippen molar-refractivity contribution >= 4 is 38.3 Å². The summed E-state index contributed by atoms with van der Waals surface area (Å²) in [4.78, 5) is 16.5. The molecule has 7 nitrogen and oxygen atoms in total. The zero-order valence-corrected chi connectivity index (χ0v) is 19.4. The lowest BCUT2D eigenvalue weighted by atomic mass is 10.1. The van der Waals surface area contributed by atoms with Crippen LogP contribution in [0.4, 0.5) is 24.5 Å². The second kappa shape index (κ2) is 10.4. The van der Waals surface area contributed by atoms with E-state index in [2.05, 4.69) is 15.0 Å². The summed E-state index contributed by atoms with van der Waals surface area (Å²) in [5, 5.41) is 3.28. The molecule has 0 amide bonds. The number of aromatic nitrogens is 1. The first-order valence-corrected chi connectivity index (χ1v) is 12.1. The number of halogens is 3. The maximum absolute atomic E-state index is 13.1. The number of hydrogen-bond acceptors (Lipinski definition) is 6. The van der Waals surface area contributed by atoms with Gasteiger partial charge in [-0.25, -0.2) is 17.9 Å². The van der Waals surface area contributed by atoms with Crippen molar-refractivity contribution < 1.29 is 31.1 Å². The molecule has 0 unspecified atom stereocenters. The number of anilines is 2. The van der Waals surface area contributed by atoms with Crippen LogP contribution in [0.2, 0.25) is 0 Å². The fourth-order valence-electron chi connectivity index (χ4n) is 3.20. The minimum atomic E-state index is -4.55. The maximum atomic E-state index is 13.1. The Morgan fingerprint density at radius 3 is 2.41 bits per heavy atom. The Balaban J connectivity index is 2.00. The van der Waals surface area contributed by atoms with Crippen molar-refractivity contribution in [3.63, 3.8) is 0 Å². The van der Waals surface area contributed by atoms with Gasteiger partial charge in [-0.1, -0.05) is 19.4 Å². The minimum Gasteiger partial charge on any atom is -0.462 e. The summed E-state index contributed by atoms with van der Waals surface area (Å²) in [6.45, 7) is 4.00. The summed E-state index contributed by atoms with van der Waals surface area (Å²) in [5.74, 6) is -0.696. The summed E-state index contributed by atoms with van der Waals surface area (Å²) in [6.07, 6.45) is -1.84. The predicted molar refractivity (Wildman–Crippen MR) is 123 cm³/mol. The molecule has 2 N–H and O–H groups in total. The van der Waals surface area contributed by atoms with Gasteiger partial charge >= 0.3 is 12.1 Å². The number of sulfonamides is 1. The summed E-state index contributed by atoms with van der Waals surface area (Å²) >= 11 is 0. The largest absolute Gasteiger partial charge is 0.462 e. The Bertz CT molecular complexity index is 1280. The van der Waals surface area contributed by atoms with Gasteiger partial charge in [0.05, 0.1) is 28.3 Å². The lowest BCUT2D eigenvalue weighted by molar-refractivity contribution is -0.137. The molecule has 0 aliphatic rings. The van der Waals surface area contributed by atoms with E-state index in [0.29, 0.717) is 18.7 Å². The van der Waals surface area contributed by atoms with Crippen molar-refractivity contribution in [3.8, 4) is 0 Å². The van der Waals surface area contributed by atoms with Crippen molar-refractivity contribution in [3.05, 3.63) is 59.8 Å². The molecule has 3 aromatic rings. The highest BCUT2D eigenvalue weighted by molar-refractivity contribution is 7.89. The summed E-state index contributed by atoms with van der Waals surface area (Å²) in [6, 6.07) is 8.82. The Labute approximate surface area is 195 Å². The van der Waals surface area contributed by atoms with Crippen LogP contribution in [0.3, 0.4) is 0 Å². The number of benzene rings is 2. The van der Waals surface area contributed by atoms with Crippen LogP contribution < -0.4 is 10.0 Å². The van der Waals surface area contributed by atoms with Crippen LogP contribution >= 0.6 is 0 Å². The van der Waals surface area contributed by atoms with E-state index in [4.69, 9.17) is 4.74 Å². The van der Waals surface area contributed by atoms with Gasteiger partial charge in [0, 0.05) is 23.8 Å². The molecule has 0 fully saturated rings. The number of carbonyl (C=O) groups is 1. The van der Waals surface area contributed by atoms with Crippen LogP contribution in [0.1, 0.15) is 42.6 Å². The molecule has 11 heteroatoms. The third-order valence-electron chi connectivity index (χ3n) is 4.95. The van der Waals surface area contributed by atoms with E-state index < -0.39 is 27.7 Å². The lowest BCUT2D eigenvalue weighted by Crippen LogP contribution is -2.24. The molecule has 0 aliphatic carbocycles. The van der Waals surface area contributed by atoms with E-state index in [1.807, 2.05) is 6.92 Å². The van der Waals surface area contributed by atoms with Crippen LogP contribution in [-0.4, -0.2) is 32.5 Å². The van der Waals surface area contributed by atoms with E-state index in [1.54, 1.807) is 6.92 Å². The number of rotatable bonds is 9. The van der Waals surface area contributed by atoms with Crippen molar-refractivity contribution in [1.82, 2.24) is 9.71 Å². The number of esters is 1. The first-order valence-electron chi connectivity index (χ1n) is 10.6. The molecule has 34 heavy (non-hydrogen) atoms. The molecule has 1 aromatic heterocycles. The zero-order valence-electron chi connectivity index (χ0n) is 18.6. The van der Waals surface area contributed by atoms with E-state index in [1.165, 1.54) is 30.3 Å². The third-order valence-corrected chi connectivity index (χ3v) is 6.43. The fraction of sp³-hybridized carbons (Fsp3) is 0.304. The molecule has 0 saturated heterocycles. The second-order valence-electron chi connectivity index (χ2n) is 7.40. The van der Waals surface area contributed by atoms with Gasteiger partial charge in [-0.05, 0) is 49.7 Å². The molecule has 0 radical (unpaired) electrons. The highest BCUT2D eigenvalue weighted by atomic mass is 32.2. The molecule has 1 heterocycles. The Morgan fingerprint density at radius 2 is 1.79 bits per heavy atom. The summed E-state index contributed by atoms with van der Waals surface area (Å²) in [7, 11) is -3.67. The number of unbranched alkanes of at least 4 members (excludes halogenated alkanes) is 1. The normalized spacial score (nSPS) is 12.0. The Hall–Kier alpha value is -3.18. The minimum absolute atomic E-state index is 0.0321. The molecular formula is C23H24F3N3O4S. The second-order valence-corrected chi connectivity index (χ2v) is 9.16. The van der Waals surface area contributed by atoms with E-state index >= 15 is 0 Å². The third kappa shape index (κ3) is 5.84. The number of nitrogens with one attached hydrogen (secondary N) is 2. The number of nitrogens with zero attached hydrogens (tertiary/aromatic N) is 1. The van der Waals surface area contributed by atoms with E-state index in [-0.39, 0.29) is 33.7 Å². The van der Waals surface area contributed by atoms with Crippen LogP contribution in [0.5, 0.6) is 0 Å². The zero-order chi connectivity index (χ0) is 24.9. The van der Waals surface area contributed by atoms with Gasteiger partial charge in [0.2, 0.25) is 10.0 Å². The number of alkyl halides is 3. The molecule has 2 aromatic carbocycles. The van der Waals surface area contributed by atoms with Crippen molar-refractivity contribution in [2.45, 2.75) is 37.8 Å². The monoisotopic (exact) mass is 495 g/mol. The molecule has 3 rings (SSSR count). The average Bonchev–Trinajstić information content (AvgIpc) is 2.79. The van der Waals surface area contributed by atoms with Gasteiger partial charge < -0.3 is 10.1 Å². The predicted octanol–water partition coefficient (Wildman–Crippen LogP) is 5.25. The van der Waals surface area contributed by atoms with Gasteiger partial charge in [-0.2, -0.15) is 13.2 Å². The van der Waals surface area contributed by atoms with Crippen molar-refractivity contribution in [2.75, 3.05) is 18.5 Å². The summed E-state index contributed by atoms with van der Waals surface area (Å²) < 4.78 is 71.7. The van der Waals surface area contributed by atoms with Crippen molar-refractivity contribution in [2.24, 2.45) is 0 Å². The van der Waals surface area contributed by atoms with E-state index in [0.717, 1.165) is 24.8 Å². The van der Waals surface area contributed by atoms with Crippen LogP contribution in [-0.2, 0) is 20.9 Å². The quantitative estimate of drug-likeness (QED) is 0.311. The number of pyridine rings is 1. The molecule has 0 saturated carbocycles. The van der Waals surface area contributed by atoms with Gasteiger partial charge in [-0.3, -0.25) is 4.98 Å². The number of ether oxygens (including phenoxy) is 1. The van der Waals surface area contributed by atoms with Crippen LogP contribution in [0.25, 0.3) is 10.9 Å². The summed E-state index contributed by atoms with van der Waals surface area (Å²) in [5.41, 5.74) is -0.177. The molecule has 0 aliphatic heterocycles. The van der Waals surface area contributed by atoms with Gasteiger partial charge in [-0.15, -0.1) is 0 Å². The highest BCUT2D eigenvalue weighted by Gasteiger charge is 2.31. The molecule has 182 valence electrons. The fourth-order valence-corrected chi connectivity index (χ4v) is 4.27. The number of hydrogen-bond donors (Lipinski definition) is 2. The van der Waals surface area contributed by atoms with Crippen LogP contribution in [0.15, 0.2) is 53.6 Å². The standard InChI is InChI=1S/C23H24F3N3O4S/c1-3-5-12-28-34(31,32)17-9-7-16(8-10-17)29-21-18-11-6-15(23(24,25)26)13-20(18)27-14-19(21)22(30)33-4-2/h6-11,13-14,28H,3-5,12H2,1-2H3,(H,27,29). The Kier molecular flexibility index (Phi) is 7.78. The van der Waals surface area contributed by atoms with Gasteiger partial charge in [0.1, 0.15) is 5.56 Å². The topological polar surface area (TPSA) is 97.4 Å². The number of fused-ring (bicyclic) bond motifs is 1. The SMILES string of the molecule is CCCCNS(=O)(=O)c1ccc(Nc2c(C(=O)OCC)cnc3cc(C(F)(F)F)ccc23)cc1. The highest BCUT2D eigenvalue weighted by Crippen LogP contribution is 2.35. The van der Waals surface area contributed by atoms with Gasteiger partial charge in [0.15, 0.2) is 0 Å². The van der Waals surface area contributed by atoms with Crippen molar-refractivity contribution in [1.29, 1.82) is 0 Å².